The van der Waals surface area contributed by atoms with Crippen LogP contribution in [0.3, 0.4) is 0 Å². The van der Waals surface area contributed by atoms with Crippen LogP contribution < -0.4 is 5.32 Å². The van der Waals surface area contributed by atoms with E-state index in [1.165, 1.54) is 4.90 Å². The van der Waals surface area contributed by atoms with Gasteiger partial charge < -0.3 is 15.0 Å². The summed E-state index contributed by atoms with van der Waals surface area (Å²) in [5.41, 5.74) is 0.326. The van der Waals surface area contributed by atoms with Crippen molar-refractivity contribution in [1.82, 2.24) is 10.2 Å². The van der Waals surface area contributed by atoms with Crippen LogP contribution in [-0.2, 0) is 20.9 Å². The number of ketones is 1. The maximum absolute atomic E-state index is 12.3. The number of Topliss-reactive ketones (excluding diaryl/α,β-unsaturated/α-hetero) is 1. The molecule has 0 aliphatic carbocycles. The first kappa shape index (κ1) is 19.9. The highest BCUT2D eigenvalue weighted by Gasteiger charge is 2.50. The van der Waals surface area contributed by atoms with E-state index < -0.39 is 35.5 Å². The van der Waals surface area contributed by atoms with E-state index in [1.54, 1.807) is 20.8 Å². The molecule has 1 aliphatic heterocycles. The Bertz CT molecular complexity index is 652. The number of amides is 2. The smallest absolute Gasteiger partial charge is 0.407 e. The van der Waals surface area contributed by atoms with E-state index in [1.807, 2.05) is 37.3 Å². The van der Waals surface area contributed by atoms with Crippen molar-refractivity contribution in [2.24, 2.45) is 0 Å². The molecule has 1 aromatic carbocycles. The molecule has 0 bridgehead atoms. The third kappa shape index (κ3) is 5.07. The number of carbonyl (C=O) groups excluding carboxylic acids is 3. The molecule has 6 nitrogen and oxygen atoms in total. The zero-order valence-electron chi connectivity index (χ0n) is 16.0. The molecule has 1 aliphatic rings. The summed E-state index contributed by atoms with van der Waals surface area (Å²) in [7, 11) is 0. The van der Waals surface area contributed by atoms with Crippen molar-refractivity contribution in [3.63, 3.8) is 0 Å². The Kier molecular flexibility index (Phi) is 6.40. The highest BCUT2D eigenvalue weighted by atomic mass is 16.6. The molecule has 0 saturated carbocycles. The largest absolute Gasteiger partial charge is 0.444 e. The zero-order chi connectivity index (χ0) is 19.3. The fourth-order valence-electron chi connectivity index (χ4n) is 3.01. The van der Waals surface area contributed by atoms with Gasteiger partial charge in [-0.25, -0.2) is 4.79 Å². The van der Waals surface area contributed by atoms with Crippen LogP contribution in [0.4, 0.5) is 4.79 Å². The molecule has 2 rings (SSSR count). The van der Waals surface area contributed by atoms with Gasteiger partial charge in [-0.1, -0.05) is 50.1 Å². The average Bonchev–Trinajstić information content (AvgIpc) is 2.57. The predicted octanol–water partition coefficient (Wildman–Crippen LogP) is 3.05. The first-order valence-electron chi connectivity index (χ1n) is 9.11. The standard InChI is InChI=1S/C20H28N2O4/c1-5-6-12-15(21-19(25)26-20(2,3)4)16-17(23)18(24)22(16)13-14-10-8-7-9-11-14/h7-11,15-16H,5-6,12-13H2,1-4H3,(H,21,25)/t15-,16-/m0/s1. The average molecular weight is 360 g/mol. The highest BCUT2D eigenvalue weighted by molar-refractivity contribution is 6.44. The second-order valence-electron chi connectivity index (χ2n) is 7.62. The fraction of sp³-hybridized carbons (Fsp3) is 0.550. The van der Waals surface area contributed by atoms with Gasteiger partial charge in [0.15, 0.2) is 0 Å². The van der Waals surface area contributed by atoms with Crippen LogP contribution in [0.2, 0.25) is 0 Å². The van der Waals surface area contributed by atoms with Crippen molar-refractivity contribution in [3.05, 3.63) is 35.9 Å². The summed E-state index contributed by atoms with van der Waals surface area (Å²) in [6.45, 7) is 7.75. The number of nitrogens with zero attached hydrogens (tertiary/aromatic N) is 1. The molecule has 1 saturated heterocycles. The maximum Gasteiger partial charge on any atom is 0.407 e. The zero-order valence-corrected chi connectivity index (χ0v) is 16.0. The molecular weight excluding hydrogens is 332 g/mol. The monoisotopic (exact) mass is 360 g/mol. The third-order valence-electron chi connectivity index (χ3n) is 4.22. The molecule has 2 amide bonds. The van der Waals surface area contributed by atoms with Gasteiger partial charge in [0.1, 0.15) is 11.6 Å². The van der Waals surface area contributed by atoms with Gasteiger partial charge in [0, 0.05) is 6.54 Å². The maximum atomic E-state index is 12.3. The van der Waals surface area contributed by atoms with E-state index in [-0.39, 0.29) is 0 Å². The molecule has 1 aromatic rings. The fourth-order valence-corrected chi connectivity index (χ4v) is 3.01. The number of unbranched alkanes of at least 4 members (excludes halogenated alkanes) is 1. The van der Waals surface area contributed by atoms with Gasteiger partial charge in [0.25, 0.3) is 5.91 Å². The Labute approximate surface area is 154 Å². The summed E-state index contributed by atoms with van der Waals surface area (Å²) in [5, 5.41) is 2.80. The van der Waals surface area contributed by atoms with E-state index >= 15 is 0 Å². The highest BCUT2D eigenvalue weighted by Crippen LogP contribution is 2.25. The van der Waals surface area contributed by atoms with Crippen LogP contribution in [-0.4, -0.2) is 40.4 Å². The van der Waals surface area contributed by atoms with E-state index in [4.69, 9.17) is 4.74 Å². The Balaban J connectivity index is 2.12. The first-order chi connectivity index (χ1) is 12.2. The van der Waals surface area contributed by atoms with E-state index in [0.29, 0.717) is 13.0 Å². The van der Waals surface area contributed by atoms with Gasteiger partial charge in [-0.3, -0.25) is 9.59 Å². The quantitative estimate of drug-likeness (QED) is 0.599. The number of carbonyl (C=O) groups is 3. The Morgan fingerprint density at radius 2 is 1.88 bits per heavy atom. The summed E-state index contributed by atoms with van der Waals surface area (Å²) in [5.74, 6) is -0.940. The van der Waals surface area contributed by atoms with Gasteiger partial charge in [-0.2, -0.15) is 0 Å². The minimum atomic E-state index is -0.637. The van der Waals surface area contributed by atoms with Crippen LogP contribution in [0.25, 0.3) is 0 Å². The Morgan fingerprint density at radius 1 is 1.23 bits per heavy atom. The van der Waals surface area contributed by atoms with Crippen molar-refractivity contribution in [1.29, 1.82) is 0 Å². The second kappa shape index (κ2) is 8.34. The molecule has 26 heavy (non-hydrogen) atoms. The molecule has 0 unspecified atom stereocenters. The number of hydrogen-bond acceptors (Lipinski definition) is 4. The first-order valence-corrected chi connectivity index (χ1v) is 9.11. The Hall–Kier alpha value is -2.37. The van der Waals surface area contributed by atoms with Gasteiger partial charge in [0.2, 0.25) is 5.78 Å². The van der Waals surface area contributed by atoms with Crippen LogP contribution in [0.1, 0.15) is 52.5 Å². The van der Waals surface area contributed by atoms with E-state index in [9.17, 15) is 14.4 Å². The topological polar surface area (TPSA) is 75.7 Å². The van der Waals surface area contributed by atoms with Crippen LogP contribution in [0, 0.1) is 0 Å². The molecule has 0 spiro atoms. The Morgan fingerprint density at radius 3 is 2.46 bits per heavy atom. The lowest BCUT2D eigenvalue weighted by Gasteiger charge is -2.43. The van der Waals surface area contributed by atoms with Crippen LogP contribution in [0.5, 0.6) is 0 Å². The van der Waals surface area contributed by atoms with Gasteiger partial charge in [-0.05, 0) is 32.8 Å². The van der Waals surface area contributed by atoms with E-state index in [0.717, 1.165) is 18.4 Å². The lowest BCUT2D eigenvalue weighted by molar-refractivity contribution is -0.163. The molecule has 2 atom stereocenters. The molecule has 1 heterocycles. The molecule has 0 radical (unpaired) electrons. The second-order valence-corrected chi connectivity index (χ2v) is 7.62. The van der Waals surface area contributed by atoms with Crippen molar-refractivity contribution in [2.45, 2.75) is 71.2 Å². The number of likely N-dealkylation sites (tertiary alicyclic amines) is 1. The molecule has 6 heteroatoms. The summed E-state index contributed by atoms with van der Waals surface area (Å²) < 4.78 is 5.32. The number of ether oxygens (including phenoxy) is 1. The van der Waals surface area contributed by atoms with Gasteiger partial charge in [0.05, 0.1) is 6.04 Å². The molecule has 0 aromatic heterocycles. The van der Waals surface area contributed by atoms with Gasteiger partial charge >= 0.3 is 6.09 Å². The number of alkyl carbamates (subject to hydrolysis) is 1. The molecular formula is C20H28N2O4. The minimum Gasteiger partial charge on any atom is -0.444 e. The molecule has 1 N–H and O–H groups in total. The number of benzene rings is 1. The van der Waals surface area contributed by atoms with Crippen molar-refractivity contribution >= 4 is 17.8 Å². The lowest BCUT2D eigenvalue weighted by atomic mass is 9.89. The van der Waals surface area contributed by atoms with Crippen molar-refractivity contribution in [2.75, 3.05) is 0 Å². The number of nitrogens with one attached hydrogen (secondary N) is 1. The van der Waals surface area contributed by atoms with E-state index in [2.05, 4.69) is 5.32 Å². The third-order valence-corrected chi connectivity index (χ3v) is 4.22. The van der Waals surface area contributed by atoms with Crippen LogP contribution in [0.15, 0.2) is 30.3 Å². The molecule has 1 fully saturated rings. The predicted molar refractivity (Wildman–Crippen MR) is 98.5 cm³/mol. The minimum absolute atomic E-state index is 0.356. The van der Waals surface area contributed by atoms with Gasteiger partial charge in [-0.15, -0.1) is 0 Å². The normalized spacial score (nSPS) is 18.3. The summed E-state index contributed by atoms with van der Waals surface area (Å²) >= 11 is 0. The summed E-state index contributed by atoms with van der Waals surface area (Å²) in [6.07, 6.45) is 1.83. The van der Waals surface area contributed by atoms with Crippen molar-refractivity contribution in [3.8, 4) is 0 Å². The number of hydrogen-bond donors (Lipinski definition) is 1. The lowest BCUT2D eigenvalue weighted by Crippen LogP contribution is -2.69. The summed E-state index contributed by atoms with van der Waals surface area (Å²) in [4.78, 5) is 38.1. The number of rotatable bonds is 7. The summed E-state index contributed by atoms with van der Waals surface area (Å²) in [6, 6.07) is 8.43. The number of β-lactam (4-membered cyclic amide) rings is 1. The van der Waals surface area contributed by atoms with Crippen molar-refractivity contribution < 1.29 is 19.1 Å². The SMILES string of the molecule is CCCC[C@H](NC(=O)OC(C)(C)C)[C@H]1C(=O)C(=O)N1Cc1ccccc1. The van der Waals surface area contributed by atoms with Crippen LogP contribution >= 0.6 is 0 Å². The molecule has 142 valence electrons.